The van der Waals surface area contributed by atoms with Gasteiger partial charge in [0.15, 0.2) is 0 Å². The Labute approximate surface area is 261 Å². The molecule has 0 saturated carbocycles. The largest absolute Gasteiger partial charge is 0.487 e. The minimum atomic E-state index is 0.474. The maximum Gasteiger partial charge on any atom is 0.138 e. The highest BCUT2D eigenvalue weighted by atomic mass is 35.5. The predicted molar refractivity (Wildman–Crippen MR) is 176 cm³/mol. The van der Waals surface area contributed by atoms with Gasteiger partial charge in [-0.15, -0.1) is 0 Å². The van der Waals surface area contributed by atoms with Gasteiger partial charge in [-0.25, -0.2) is 9.97 Å². The molecule has 2 aromatic carbocycles. The van der Waals surface area contributed by atoms with Crippen LogP contribution in [0.5, 0.6) is 11.5 Å². The number of hydrogen-bond acceptors (Lipinski definition) is 7. The topological polar surface area (TPSA) is 71.5 Å². The van der Waals surface area contributed by atoms with Crippen LogP contribution in [0.25, 0.3) is 0 Å². The van der Waals surface area contributed by atoms with Crippen molar-refractivity contribution in [1.29, 1.82) is 0 Å². The van der Waals surface area contributed by atoms with E-state index in [0.717, 1.165) is 62.0 Å². The number of anilines is 1. The number of halogens is 1. The standard InChI is InChI=1S/C17H21N3O.C12H10ClNO.C6H12N/c1-2-5-15(6-3-1)14-21-16-7-8-17(19-13-16)20-11-4-9-18-10-12-20;13-12-7-6-11(8-14-12)15-9-10-4-2-1-3-5-10;1-2-4-6-7-5-3-1/h1-3,5-8,13,18H,4,9-12,14H2;1-8H,9H2;3,7H,1-2,4-6H2/q;;+1. The number of ether oxygens (including phenoxy) is 2. The predicted octanol–water partition coefficient (Wildman–Crippen LogP) is 6.74. The number of nitrogens with one attached hydrogen (secondary N) is 2. The highest BCUT2D eigenvalue weighted by Gasteiger charge is 2.10. The third kappa shape index (κ3) is 13.0. The number of pyridine rings is 2. The fourth-order valence-electron chi connectivity index (χ4n) is 4.49. The first kappa shape index (κ1) is 32.1. The van der Waals surface area contributed by atoms with Gasteiger partial charge in [-0.1, -0.05) is 72.3 Å². The minimum Gasteiger partial charge on any atom is -0.487 e. The van der Waals surface area contributed by atoms with E-state index in [1.807, 2.05) is 66.9 Å². The number of rotatable bonds is 7. The molecule has 0 unspecified atom stereocenters. The van der Waals surface area contributed by atoms with Gasteiger partial charge < -0.3 is 19.7 Å². The van der Waals surface area contributed by atoms with Crippen molar-refractivity contribution in [1.82, 2.24) is 20.6 Å². The number of hydrogen-bond donors (Lipinski definition) is 2. The van der Waals surface area contributed by atoms with Gasteiger partial charge in [0.1, 0.15) is 42.2 Å². The summed E-state index contributed by atoms with van der Waals surface area (Å²) in [7, 11) is 0. The Morgan fingerprint density at radius 1 is 0.674 bits per heavy atom. The Bertz CT molecular complexity index is 1230. The Kier molecular flexibility index (Phi) is 14.5. The van der Waals surface area contributed by atoms with Crippen LogP contribution in [0.3, 0.4) is 0 Å². The van der Waals surface area contributed by atoms with E-state index in [4.69, 9.17) is 21.1 Å². The summed E-state index contributed by atoms with van der Waals surface area (Å²) in [6, 6.07) is 27.7. The third-order valence-electron chi connectivity index (χ3n) is 6.88. The maximum absolute atomic E-state index is 5.77. The lowest BCUT2D eigenvalue weighted by Crippen LogP contribution is -2.28. The molecule has 0 bridgehead atoms. The summed E-state index contributed by atoms with van der Waals surface area (Å²) in [6.45, 7) is 7.65. The van der Waals surface area contributed by atoms with E-state index in [-0.39, 0.29) is 0 Å². The van der Waals surface area contributed by atoms with Gasteiger partial charge in [0.25, 0.3) is 0 Å². The molecular formula is C35H43ClN5O2+. The van der Waals surface area contributed by atoms with Gasteiger partial charge in [-0.2, -0.15) is 0 Å². The summed E-state index contributed by atoms with van der Waals surface area (Å²) < 4.78 is 11.3. The lowest BCUT2D eigenvalue weighted by Gasteiger charge is -2.21. The summed E-state index contributed by atoms with van der Waals surface area (Å²) in [5, 5.41) is 7.17. The van der Waals surface area contributed by atoms with Crippen LogP contribution >= 0.6 is 11.6 Å². The first-order valence-electron chi connectivity index (χ1n) is 15.2. The average Bonchev–Trinajstić information content (AvgIpc) is 3.54. The molecule has 2 fully saturated rings. The van der Waals surface area contributed by atoms with Crippen LogP contribution in [-0.4, -0.2) is 49.2 Å². The normalized spacial score (nSPS) is 14.8. The molecule has 0 aliphatic carbocycles. The molecule has 8 heteroatoms. The van der Waals surface area contributed by atoms with Crippen LogP contribution in [0.15, 0.2) is 97.3 Å². The van der Waals surface area contributed by atoms with Gasteiger partial charge in [0.2, 0.25) is 0 Å². The summed E-state index contributed by atoms with van der Waals surface area (Å²) in [6.07, 6.45) is 11.0. The summed E-state index contributed by atoms with van der Waals surface area (Å²) in [5.41, 5.74) is 2.30. The zero-order valence-electron chi connectivity index (χ0n) is 24.8. The average molecular weight is 601 g/mol. The molecule has 43 heavy (non-hydrogen) atoms. The second-order valence-electron chi connectivity index (χ2n) is 10.3. The molecular weight excluding hydrogens is 558 g/mol. The van der Waals surface area contributed by atoms with E-state index in [0.29, 0.717) is 18.4 Å². The second kappa shape index (κ2) is 19.4. The maximum atomic E-state index is 5.77. The molecule has 4 aromatic rings. The molecule has 2 N–H and O–H groups in total. The van der Waals surface area contributed by atoms with Crippen molar-refractivity contribution < 1.29 is 9.47 Å². The van der Waals surface area contributed by atoms with Crippen molar-refractivity contribution in [3.8, 4) is 11.5 Å². The van der Waals surface area contributed by atoms with Crippen molar-refractivity contribution in [2.45, 2.75) is 38.9 Å². The first-order valence-corrected chi connectivity index (χ1v) is 15.5. The van der Waals surface area contributed by atoms with Crippen LogP contribution in [0.1, 0.15) is 36.8 Å². The van der Waals surface area contributed by atoms with E-state index in [1.54, 1.807) is 18.3 Å². The first-order chi connectivity index (χ1) is 21.3. The zero-order chi connectivity index (χ0) is 29.8. The van der Waals surface area contributed by atoms with Crippen molar-refractivity contribution in [2.75, 3.05) is 44.2 Å². The SMILES string of the molecule is Clc1ccc(OCc2ccccc2)cn1.[CH+]1CCCCNC1.c1ccc(COc2ccc(N3CCCNCC3)nc2)cc1. The Morgan fingerprint density at radius 3 is 1.95 bits per heavy atom. The molecule has 0 atom stereocenters. The molecule has 6 rings (SSSR count). The van der Waals surface area contributed by atoms with E-state index in [2.05, 4.69) is 44.1 Å². The minimum absolute atomic E-state index is 0.474. The van der Waals surface area contributed by atoms with Crippen LogP contribution in [0.2, 0.25) is 5.15 Å². The van der Waals surface area contributed by atoms with E-state index in [9.17, 15) is 0 Å². The van der Waals surface area contributed by atoms with Gasteiger partial charge in [-0.05, 0) is 67.7 Å². The lowest BCUT2D eigenvalue weighted by atomic mass is 10.2. The number of nitrogens with zero attached hydrogens (tertiary/aromatic N) is 3. The highest BCUT2D eigenvalue weighted by molar-refractivity contribution is 6.29. The lowest BCUT2D eigenvalue weighted by molar-refractivity contribution is 0.305. The van der Waals surface area contributed by atoms with Gasteiger partial charge >= 0.3 is 0 Å². The van der Waals surface area contributed by atoms with Crippen LogP contribution in [-0.2, 0) is 13.2 Å². The van der Waals surface area contributed by atoms with Crippen LogP contribution in [0.4, 0.5) is 5.82 Å². The van der Waals surface area contributed by atoms with Gasteiger partial charge in [-0.3, -0.25) is 5.32 Å². The van der Waals surface area contributed by atoms with Crippen molar-refractivity contribution in [2.24, 2.45) is 0 Å². The molecule has 4 heterocycles. The smallest absolute Gasteiger partial charge is 0.138 e. The van der Waals surface area contributed by atoms with Crippen molar-refractivity contribution in [3.05, 3.63) is 120 Å². The molecule has 0 spiro atoms. The molecule has 2 aromatic heterocycles. The van der Waals surface area contributed by atoms with Crippen molar-refractivity contribution in [3.63, 3.8) is 0 Å². The molecule has 0 amide bonds. The Balaban J connectivity index is 0.000000167. The van der Waals surface area contributed by atoms with Gasteiger partial charge in [0, 0.05) is 19.6 Å². The molecule has 2 saturated heterocycles. The Morgan fingerprint density at radius 2 is 1.33 bits per heavy atom. The summed E-state index contributed by atoms with van der Waals surface area (Å²) in [4.78, 5) is 10.8. The summed E-state index contributed by atoms with van der Waals surface area (Å²) in [5.74, 6) is 2.57. The monoisotopic (exact) mass is 600 g/mol. The van der Waals surface area contributed by atoms with Gasteiger partial charge in [0.05, 0.1) is 25.2 Å². The summed E-state index contributed by atoms with van der Waals surface area (Å²) >= 11 is 5.66. The molecule has 7 nitrogen and oxygen atoms in total. The third-order valence-corrected chi connectivity index (χ3v) is 7.11. The van der Waals surface area contributed by atoms with E-state index >= 15 is 0 Å². The second-order valence-corrected chi connectivity index (χ2v) is 10.7. The fraction of sp³-hybridized carbons (Fsp3) is 0.343. The highest BCUT2D eigenvalue weighted by Crippen LogP contribution is 2.18. The van der Waals surface area contributed by atoms with Crippen LogP contribution < -0.4 is 25.0 Å². The van der Waals surface area contributed by atoms with E-state index < -0.39 is 0 Å². The molecule has 0 radical (unpaired) electrons. The number of aromatic nitrogens is 2. The quantitative estimate of drug-likeness (QED) is 0.180. The Hall–Kier alpha value is -3.78. The van der Waals surface area contributed by atoms with E-state index in [1.165, 1.54) is 31.4 Å². The number of benzene rings is 2. The molecule has 226 valence electrons. The fourth-order valence-corrected chi connectivity index (χ4v) is 4.61. The molecule has 2 aliphatic rings. The molecule has 2 aliphatic heterocycles. The van der Waals surface area contributed by atoms with Crippen LogP contribution in [0, 0.1) is 6.42 Å². The van der Waals surface area contributed by atoms with Crippen molar-refractivity contribution >= 4 is 17.4 Å². The zero-order valence-corrected chi connectivity index (χ0v) is 25.6.